The fourth-order valence-corrected chi connectivity index (χ4v) is 4.13. The second kappa shape index (κ2) is 9.79. The Balaban J connectivity index is 1.54. The van der Waals surface area contributed by atoms with Crippen LogP contribution in [-0.2, 0) is 21.7 Å². The monoisotopic (exact) mass is 457 g/mol. The van der Waals surface area contributed by atoms with Gasteiger partial charge >= 0.3 is 6.03 Å². The number of hydrogen-bond acceptors (Lipinski definition) is 4. The van der Waals surface area contributed by atoms with Gasteiger partial charge in [0.15, 0.2) is 5.54 Å². The highest BCUT2D eigenvalue weighted by Gasteiger charge is 2.54. The summed E-state index contributed by atoms with van der Waals surface area (Å²) in [5.41, 5.74) is 0.807. The molecule has 4 amide bonds. The van der Waals surface area contributed by atoms with E-state index in [1.165, 1.54) is 4.90 Å². The van der Waals surface area contributed by atoms with Crippen molar-refractivity contribution in [2.75, 3.05) is 20.2 Å². The van der Waals surface area contributed by atoms with Gasteiger partial charge in [0.2, 0.25) is 5.91 Å². The molecular weight excluding hydrogens is 430 g/mol. The van der Waals surface area contributed by atoms with Crippen molar-refractivity contribution in [2.24, 2.45) is 0 Å². The van der Waals surface area contributed by atoms with E-state index in [0.29, 0.717) is 24.3 Å². The Hall–Kier alpha value is -4.13. The minimum Gasteiger partial charge on any atom is -0.494 e. The lowest BCUT2D eigenvalue weighted by Gasteiger charge is -2.28. The first-order valence-corrected chi connectivity index (χ1v) is 11.2. The van der Waals surface area contributed by atoms with Gasteiger partial charge in [0.25, 0.3) is 5.91 Å². The molecule has 1 fully saturated rings. The maximum absolute atomic E-state index is 13.7. The minimum absolute atomic E-state index is 0.339. The summed E-state index contributed by atoms with van der Waals surface area (Å²) in [5, 5.41) is 2.86. The van der Waals surface area contributed by atoms with E-state index in [4.69, 9.17) is 4.74 Å². The summed E-state index contributed by atoms with van der Waals surface area (Å²) < 4.78 is 5.45. The first kappa shape index (κ1) is 23.0. The van der Waals surface area contributed by atoms with Crippen LogP contribution in [0.3, 0.4) is 0 Å². The summed E-state index contributed by atoms with van der Waals surface area (Å²) >= 11 is 0. The molecule has 1 N–H and O–H groups in total. The molecule has 0 atom stereocenters. The largest absolute Gasteiger partial charge is 0.494 e. The first-order valence-electron chi connectivity index (χ1n) is 11.2. The van der Waals surface area contributed by atoms with Gasteiger partial charge in [0.05, 0.1) is 6.61 Å². The van der Waals surface area contributed by atoms with Gasteiger partial charge in [-0.3, -0.25) is 14.5 Å². The van der Waals surface area contributed by atoms with Gasteiger partial charge in [-0.2, -0.15) is 0 Å². The topological polar surface area (TPSA) is 79.0 Å². The summed E-state index contributed by atoms with van der Waals surface area (Å²) in [4.78, 5) is 42.2. The third-order valence-electron chi connectivity index (χ3n) is 5.89. The molecule has 0 unspecified atom stereocenters. The fraction of sp³-hybridized carbons (Fsp3) is 0.222. The maximum atomic E-state index is 13.7. The highest BCUT2D eigenvalue weighted by atomic mass is 16.5. The van der Waals surface area contributed by atoms with Crippen LogP contribution >= 0.6 is 0 Å². The molecule has 4 rings (SSSR count). The molecule has 1 heterocycles. The SMILES string of the molecule is CCOc1ccc(CN(C)C(=O)CN2C(=O)NC(c3ccccc3)(c3ccccc3)C2=O)cc1. The van der Waals surface area contributed by atoms with E-state index in [-0.39, 0.29) is 12.5 Å². The fourth-order valence-electron chi connectivity index (χ4n) is 4.13. The second-order valence-electron chi connectivity index (χ2n) is 8.13. The average Bonchev–Trinajstić information content (AvgIpc) is 3.12. The minimum atomic E-state index is -1.38. The third-order valence-corrected chi connectivity index (χ3v) is 5.89. The van der Waals surface area contributed by atoms with Crippen LogP contribution in [-0.4, -0.2) is 47.8 Å². The number of carbonyl (C=O) groups is 3. The Labute approximate surface area is 198 Å². The molecular formula is C27H27N3O4. The molecule has 174 valence electrons. The lowest BCUT2D eigenvalue weighted by Crippen LogP contribution is -2.46. The van der Waals surface area contributed by atoms with Crippen molar-refractivity contribution < 1.29 is 19.1 Å². The van der Waals surface area contributed by atoms with Crippen LogP contribution in [0.15, 0.2) is 84.9 Å². The molecule has 0 saturated carbocycles. The van der Waals surface area contributed by atoms with E-state index in [0.717, 1.165) is 16.2 Å². The van der Waals surface area contributed by atoms with Crippen LogP contribution in [0.4, 0.5) is 4.79 Å². The van der Waals surface area contributed by atoms with Gasteiger partial charge in [-0.05, 0) is 35.7 Å². The number of nitrogens with one attached hydrogen (secondary N) is 1. The van der Waals surface area contributed by atoms with E-state index in [1.807, 2.05) is 67.6 Å². The van der Waals surface area contributed by atoms with Crippen LogP contribution in [0, 0.1) is 0 Å². The Bertz CT molecular complexity index is 1120. The average molecular weight is 458 g/mol. The van der Waals surface area contributed by atoms with Crippen LogP contribution < -0.4 is 10.1 Å². The number of hydrogen-bond donors (Lipinski definition) is 1. The molecule has 0 aliphatic carbocycles. The number of amides is 4. The molecule has 7 heteroatoms. The molecule has 3 aromatic carbocycles. The zero-order valence-electron chi connectivity index (χ0n) is 19.2. The van der Waals surface area contributed by atoms with E-state index >= 15 is 0 Å². The zero-order valence-corrected chi connectivity index (χ0v) is 19.2. The van der Waals surface area contributed by atoms with Gasteiger partial charge in [-0.1, -0.05) is 72.8 Å². The van der Waals surface area contributed by atoms with Crippen LogP contribution in [0.5, 0.6) is 5.75 Å². The molecule has 1 aliphatic rings. The van der Waals surface area contributed by atoms with Gasteiger partial charge < -0.3 is 15.0 Å². The summed E-state index contributed by atoms with van der Waals surface area (Å²) in [5.74, 6) is -0.0512. The van der Waals surface area contributed by atoms with Gasteiger partial charge in [-0.25, -0.2) is 4.79 Å². The van der Waals surface area contributed by atoms with Crippen molar-refractivity contribution in [3.8, 4) is 5.75 Å². The predicted molar refractivity (Wildman–Crippen MR) is 128 cm³/mol. The molecule has 0 radical (unpaired) electrons. The predicted octanol–water partition coefficient (Wildman–Crippen LogP) is 3.54. The van der Waals surface area contributed by atoms with Crippen molar-refractivity contribution in [3.05, 3.63) is 102 Å². The molecule has 0 spiro atoms. The number of imide groups is 1. The quantitative estimate of drug-likeness (QED) is 0.525. The molecule has 3 aromatic rings. The number of likely N-dealkylation sites (N-methyl/N-ethyl adjacent to an activating group) is 1. The Morgan fingerprint density at radius 2 is 1.47 bits per heavy atom. The number of benzene rings is 3. The van der Waals surface area contributed by atoms with Crippen molar-refractivity contribution >= 4 is 17.8 Å². The summed E-state index contributed by atoms with van der Waals surface area (Å²) in [7, 11) is 1.65. The summed E-state index contributed by atoms with van der Waals surface area (Å²) in [6.07, 6.45) is 0. The molecule has 7 nitrogen and oxygen atoms in total. The number of rotatable bonds is 8. The first-order chi connectivity index (χ1) is 16.5. The molecule has 1 aliphatic heterocycles. The second-order valence-corrected chi connectivity index (χ2v) is 8.13. The maximum Gasteiger partial charge on any atom is 0.326 e. The van der Waals surface area contributed by atoms with Gasteiger partial charge in [0.1, 0.15) is 12.3 Å². The van der Waals surface area contributed by atoms with Gasteiger partial charge in [-0.15, -0.1) is 0 Å². The van der Waals surface area contributed by atoms with Crippen LogP contribution in [0.1, 0.15) is 23.6 Å². The highest BCUT2D eigenvalue weighted by Crippen LogP contribution is 2.35. The van der Waals surface area contributed by atoms with Crippen molar-refractivity contribution in [2.45, 2.75) is 19.0 Å². The Morgan fingerprint density at radius 3 is 2.00 bits per heavy atom. The number of carbonyl (C=O) groups excluding carboxylic acids is 3. The van der Waals surface area contributed by atoms with Crippen molar-refractivity contribution in [3.63, 3.8) is 0 Å². The van der Waals surface area contributed by atoms with Crippen LogP contribution in [0.2, 0.25) is 0 Å². The smallest absolute Gasteiger partial charge is 0.326 e. The molecule has 0 aromatic heterocycles. The molecule has 1 saturated heterocycles. The summed E-state index contributed by atoms with van der Waals surface area (Å²) in [6.45, 7) is 2.49. The third kappa shape index (κ3) is 4.37. The van der Waals surface area contributed by atoms with Gasteiger partial charge in [0, 0.05) is 13.6 Å². The molecule has 0 bridgehead atoms. The van der Waals surface area contributed by atoms with E-state index in [2.05, 4.69) is 5.32 Å². The molecule has 34 heavy (non-hydrogen) atoms. The van der Waals surface area contributed by atoms with E-state index < -0.39 is 17.5 Å². The van der Waals surface area contributed by atoms with E-state index in [1.54, 1.807) is 31.3 Å². The number of nitrogens with zero attached hydrogens (tertiary/aromatic N) is 2. The van der Waals surface area contributed by atoms with E-state index in [9.17, 15) is 14.4 Å². The summed E-state index contributed by atoms with van der Waals surface area (Å²) in [6, 6.07) is 25.0. The van der Waals surface area contributed by atoms with Crippen molar-refractivity contribution in [1.29, 1.82) is 0 Å². The van der Waals surface area contributed by atoms with Crippen LogP contribution in [0.25, 0.3) is 0 Å². The lowest BCUT2D eigenvalue weighted by atomic mass is 9.82. The zero-order chi connectivity index (χ0) is 24.1. The van der Waals surface area contributed by atoms with Crippen molar-refractivity contribution in [1.82, 2.24) is 15.1 Å². The lowest BCUT2D eigenvalue weighted by molar-refractivity contribution is -0.138. The normalized spacial score (nSPS) is 14.6. The Morgan fingerprint density at radius 1 is 0.912 bits per heavy atom. The number of ether oxygens (including phenoxy) is 1. The highest BCUT2D eigenvalue weighted by molar-refractivity contribution is 6.11. The standard InChI is InChI=1S/C27H27N3O4/c1-3-34-23-16-14-20(15-17-23)18-29(2)24(31)19-30-25(32)27(28-26(30)33,21-10-6-4-7-11-21)22-12-8-5-9-13-22/h4-17H,3,18-19H2,1-2H3,(H,28,33). The Kier molecular flexibility index (Phi) is 6.63. The number of urea groups is 1.